The van der Waals surface area contributed by atoms with Crippen molar-refractivity contribution in [1.82, 2.24) is 9.97 Å². The molecule has 7 heteroatoms. The van der Waals surface area contributed by atoms with Gasteiger partial charge in [0, 0.05) is 4.47 Å². The van der Waals surface area contributed by atoms with Crippen molar-refractivity contribution in [2.45, 2.75) is 6.18 Å². The normalized spacial score (nSPS) is 12.0. The first-order valence-electron chi connectivity index (χ1n) is 4.15. The van der Waals surface area contributed by atoms with Crippen molar-refractivity contribution in [1.29, 1.82) is 0 Å². The van der Waals surface area contributed by atoms with Gasteiger partial charge < -0.3 is 4.98 Å². The van der Waals surface area contributed by atoms with Gasteiger partial charge in [-0.25, -0.2) is 4.98 Å². The van der Waals surface area contributed by atoms with Gasteiger partial charge in [-0.15, -0.1) is 0 Å². The quantitative estimate of drug-likeness (QED) is 0.811. The Kier molecular flexibility index (Phi) is 2.49. The van der Waals surface area contributed by atoms with Crippen LogP contribution in [0.1, 0.15) is 5.69 Å². The predicted molar refractivity (Wildman–Crippen MR) is 55.1 cm³/mol. The van der Waals surface area contributed by atoms with Crippen molar-refractivity contribution in [3.63, 3.8) is 0 Å². The van der Waals surface area contributed by atoms with E-state index in [0.29, 0.717) is 4.47 Å². The Bertz CT molecular complexity index is 606. The number of H-pyrrole nitrogens is 1. The van der Waals surface area contributed by atoms with Crippen molar-refractivity contribution < 1.29 is 13.2 Å². The van der Waals surface area contributed by atoms with Crippen molar-refractivity contribution in [3.05, 3.63) is 38.7 Å². The maximum Gasteiger partial charge on any atom is 0.438 e. The van der Waals surface area contributed by atoms with E-state index in [1.165, 1.54) is 12.1 Å². The van der Waals surface area contributed by atoms with Gasteiger partial charge in [0.25, 0.3) is 5.56 Å². The summed E-state index contributed by atoms with van der Waals surface area (Å²) in [5, 5.41) is 0. The molecule has 2 aromatic rings. The average molecular weight is 293 g/mol. The third kappa shape index (κ3) is 1.95. The van der Waals surface area contributed by atoms with E-state index >= 15 is 0 Å². The lowest BCUT2D eigenvalue weighted by Crippen LogP contribution is -2.23. The molecular weight excluding hydrogens is 289 g/mol. The van der Waals surface area contributed by atoms with Crippen LogP contribution in [-0.4, -0.2) is 9.97 Å². The molecule has 16 heavy (non-hydrogen) atoms. The van der Waals surface area contributed by atoms with Crippen LogP contribution in [0.4, 0.5) is 13.2 Å². The second kappa shape index (κ2) is 3.58. The summed E-state index contributed by atoms with van der Waals surface area (Å²) in [6, 6.07) is 4.43. The van der Waals surface area contributed by atoms with Crippen LogP contribution in [-0.2, 0) is 6.18 Å². The summed E-state index contributed by atoms with van der Waals surface area (Å²) in [4.78, 5) is 16.6. The number of hydrogen-bond donors (Lipinski definition) is 1. The zero-order chi connectivity index (χ0) is 11.9. The van der Waals surface area contributed by atoms with Gasteiger partial charge in [0.05, 0.1) is 11.0 Å². The fourth-order valence-electron chi connectivity index (χ4n) is 1.25. The molecule has 0 saturated carbocycles. The Balaban J connectivity index is 2.78. The maximum absolute atomic E-state index is 12.4. The summed E-state index contributed by atoms with van der Waals surface area (Å²) in [5.74, 6) is 0. The number of nitrogens with zero attached hydrogens (tertiary/aromatic N) is 1. The molecular formula is C9H4BrF3N2O. The predicted octanol–water partition coefficient (Wildman–Crippen LogP) is 2.70. The summed E-state index contributed by atoms with van der Waals surface area (Å²) in [7, 11) is 0. The molecule has 0 amide bonds. The average Bonchev–Trinajstić information content (AvgIpc) is 2.14. The number of alkyl halides is 3. The van der Waals surface area contributed by atoms with Crippen LogP contribution in [0.3, 0.4) is 0 Å². The molecule has 1 heterocycles. The highest BCUT2D eigenvalue weighted by atomic mass is 79.9. The van der Waals surface area contributed by atoms with Gasteiger partial charge in [-0.2, -0.15) is 13.2 Å². The molecule has 0 atom stereocenters. The second-order valence-corrected chi connectivity index (χ2v) is 3.99. The van der Waals surface area contributed by atoms with E-state index in [9.17, 15) is 18.0 Å². The van der Waals surface area contributed by atoms with Crippen molar-refractivity contribution in [2.24, 2.45) is 0 Å². The van der Waals surface area contributed by atoms with E-state index in [4.69, 9.17) is 0 Å². The van der Waals surface area contributed by atoms with E-state index in [-0.39, 0.29) is 11.0 Å². The molecule has 84 valence electrons. The van der Waals surface area contributed by atoms with E-state index in [1.54, 1.807) is 6.07 Å². The van der Waals surface area contributed by atoms with E-state index < -0.39 is 17.4 Å². The van der Waals surface area contributed by atoms with Gasteiger partial charge in [-0.1, -0.05) is 15.9 Å². The number of benzene rings is 1. The molecule has 0 saturated heterocycles. The minimum absolute atomic E-state index is 0.0927. The third-order valence-electron chi connectivity index (χ3n) is 1.92. The zero-order valence-corrected chi connectivity index (χ0v) is 9.19. The monoisotopic (exact) mass is 292 g/mol. The molecule has 3 nitrogen and oxygen atoms in total. The fraction of sp³-hybridized carbons (Fsp3) is 0.111. The van der Waals surface area contributed by atoms with Gasteiger partial charge >= 0.3 is 6.18 Å². The number of rotatable bonds is 0. The highest BCUT2D eigenvalue weighted by Gasteiger charge is 2.36. The Morgan fingerprint density at radius 2 is 2.00 bits per heavy atom. The standard InChI is InChI=1S/C9H4BrF3N2O/c10-4-1-2-5-6(3-4)15-8(16)7(14-5)9(11,12)13/h1-3H,(H,15,16). The van der Waals surface area contributed by atoms with Crippen LogP contribution < -0.4 is 5.56 Å². The van der Waals surface area contributed by atoms with Gasteiger partial charge in [0.15, 0.2) is 0 Å². The molecule has 0 aliphatic carbocycles. The van der Waals surface area contributed by atoms with Crippen LogP contribution in [0.15, 0.2) is 27.5 Å². The summed E-state index contributed by atoms with van der Waals surface area (Å²) >= 11 is 3.14. The van der Waals surface area contributed by atoms with Crippen molar-refractivity contribution >= 4 is 27.0 Å². The summed E-state index contributed by atoms with van der Waals surface area (Å²) < 4.78 is 37.7. The SMILES string of the molecule is O=c1[nH]c2cc(Br)ccc2nc1C(F)(F)F. The zero-order valence-electron chi connectivity index (χ0n) is 7.60. The Labute approximate surface area is 95.4 Å². The molecule has 0 unspecified atom stereocenters. The molecule has 0 aliphatic heterocycles. The van der Waals surface area contributed by atoms with Crippen LogP contribution in [0.5, 0.6) is 0 Å². The van der Waals surface area contributed by atoms with Crippen LogP contribution in [0.2, 0.25) is 0 Å². The molecule has 0 aliphatic rings. The van der Waals surface area contributed by atoms with E-state index in [0.717, 1.165) is 0 Å². The molecule has 2 rings (SSSR count). The Morgan fingerprint density at radius 1 is 1.31 bits per heavy atom. The van der Waals surface area contributed by atoms with Gasteiger partial charge in [0.1, 0.15) is 0 Å². The highest BCUT2D eigenvalue weighted by Crippen LogP contribution is 2.26. The smallest absolute Gasteiger partial charge is 0.319 e. The Morgan fingerprint density at radius 3 is 2.62 bits per heavy atom. The van der Waals surface area contributed by atoms with Gasteiger partial charge in [-0.3, -0.25) is 4.79 Å². The second-order valence-electron chi connectivity index (χ2n) is 3.07. The molecule has 1 aromatic carbocycles. The molecule has 0 bridgehead atoms. The lowest BCUT2D eigenvalue weighted by molar-refractivity contribution is -0.142. The lowest BCUT2D eigenvalue weighted by atomic mass is 10.3. The molecule has 0 fully saturated rings. The largest absolute Gasteiger partial charge is 0.438 e. The van der Waals surface area contributed by atoms with Crippen LogP contribution >= 0.6 is 15.9 Å². The third-order valence-corrected chi connectivity index (χ3v) is 2.42. The number of halogens is 4. The number of fused-ring (bicyclic) bond motifs is 1. The number of nitrogens with one attached hydrogen (secondary N) is 1. The van der Waals surface area contributed by atoms with Crippen molar-refractivity contribution in [3.8, 4) is 0 Å². The maximum atomic E-state index is 12.4. The van der Waals surface area contributed by atoms with Crippen molar-refractivity contribution in [2.75, 3.05) is 0 Å². The number of aromatic amines is 1. The summed E-state index contributed by atoms with van der Waals surface area (Å²) in [5.41, 5.74) is -2.32. The minimum atomic E-state index is -4.74. The highest BCUT2D eigenvalue weighted by molar-refractivity contribution is 9.10. The van der Waals surface area contributed by atoms with E-state index in [1.807, 2.05) is 0 Å². The lowest BCUT2D eigenvalue weighted by Gasteiger charge is -2.05. The number of hydrogen-bond acceptors (Lipinski definition) is 2. The molecule has 1 aromatic heterocycles. The van der Waals surface area contributed by atoms with Crippen LogP contribution in [0, 0.1) is 0 Å². The first-order valence-corrected chi connectivity index (χ1v) is 4.94. The summed E-state index contributed by atoms with van der Waals surface area (Å²) in [6.45, 7) is 0. The first-order chi connectivity index (χ1) is 7.38. The van der Waals surface area contributed by atoms with Gasteiger partial charge in [-0.05, 0) is 18.2 Å². The van der Waals surface area contributed by atoms with Crippen LogP contribution in [0.25, 0.3) is 11.0 Å². The fourth-order valence-corrected chi connectivity index (χ4v) is 1.61. The Hall–Kier alpha value is -1.37. The molecule has 0 spiro atoms. The minimum Gasteiger partial charge on any atom is -0.319 e. The summed E-state index contributed by atoms with van der Waals surface area (Å²) in [6.07, 6.45) is -4.74. The molecule has 0 radical (unpaired) electrons. The topological polar surface area (TPSA) is 45.8 Å². The number of aromatic nitrogens is 2. The molecule has 1 N–H and O–H groups in total. The first kappa shape index (κ1) is 11.1. The van der Waals surface area contributed by atoms with E-state index in [2.05, 4.69) is 25.9 Å². The van der Waals surface area contributed by atoms with Gasteiger partial charge in [0.2, 0.25) is 5.69 Å².